The van der Waals surface area contributed by atoms with E-state index in [0.29, 0.717) is 0 Å². The summed E-state index contributed by atoms with van der Waals surface area (Å²) in [5.74, 6) is -2.75. The maximum absolute atomic E-state index is 14.7. The molecule has 0 aromatic heterocycles. The summed E-state index contributed by atoms with van der Waals surface area (Å²) >= 11 is 5.67. The zero-order chi connectivity index (χ0) is 22.4. The molecule has 3 rings (SSSR count). The number of carbonyl (C=O) groups is 2. The molecule has 30 heavy (non-hydrogen) atoms. The van der Waals surface area contributed by atoms with Gasteiger partial charge >= 0.3 is 12.2 Å². The third kappa shape index (κ3) is 4.18. The molecule has 2 fully saturated rings. The van der Waals surface area contributed by atoms with E-state index in [0.717, 1.165) is 24.0 Å². The van der Waals surface area contributed by atoms with Gasteiger partial charge in [0.15, 0.2) is 0 Å². The third-order valence-corrected chi connectivity index (χ3v) is 5.94. The lowest BCUT2D eigenvalue weighted by Crippen LogP contribution is -2.65. The van der Waals surface area contributed by atoms with Crippen LogP contribution < -0.4 is 16.0 Å². The molecule has 0 aliphatic carbocycles. The average Bonchev–Trinajstić information content (AvgIpc) is 3.07. The number of amides is 3. The summed E-state index contributed by atoms with van der Waals surface area (Å²) in [7, 11) is 0. The van der Waals surface area contributed by atoms with Crippen LogP contribution in [0.2, 0.25) is 5.02 Å². The largest absolute Gasteiger partial charge is 0.403 e. The van der Waals surface area contributed by atoms with Gasteiger partial charge in [-0.25, -0.2) is 13.6 Å². The predicted molar refractivity (Wildman–Crippen MR) is 97.8 cm³/mol. The Labute approximate surface area is 174 Å². The summed E-state index contributed by atoms with van der Waals surface area (Å²) in [5, 5.41) is 6.62. The van der Waals surface area contributed by atoms with Gasteiger partial charge in [0.2, 0.25) is 5.91 Å². The first-order valence-corrected chi connectivity index (χ1v) is 9.50. The first-order valence-electron chi connectivity index (χ1n) is 9.12. The van der Waals surface area contributed by atoms with Crippen molar-refractivity contribution < 1.29 is 31.5 Å². The lowest BCUT2D eigenvalue weighted by molar-refractivity contribution is -0.206. The highest BCUT2D eigenvalue weighted by molar-refractivity contribution is 6.31. The number of rotatable bonds is 5. The Morgan fingerprint density at radius 1 is 1.33 bits per heavy atom. The van der Waals surface area contributed by atoms with E-state index < -0.39 is 58.3 Å². The van der Waals surface area contributed by atoms with Gasteiger partial charge in [-0.15, -0.1) is 0 Å². The lowest BCUT2D eigenvalue weighted by atomic mass is 9.71. The third-order valence-electron chi connectivity index (χ3n) is 5.60. The smallest absolute Gasteiger partial charge is 0.347 e. The number of urea groups is 1. The Kier molecular flexibility index (Phi) is 5.89. The van der Waals surface area contributed by atoms with E-state index >= 15 is 0 Å². The summed E-state index contributed by atoms with van der Waals surface area (Å²) in [5.41, 5.74) is -1.14. The van der Waals surface area contributed by atoms with Gasteiger partial charge in [-0.05, 0) is 13.0 Å². The van der Waals surface area contributed by atoms with Crippen LogP contribution in [0, 0.1) is 17.0 Å². The van der Waals surface area contributed by atoms with E-state index in [-0.39, 0.29) is 25.2 Å². The molecular weight excluding hydrogens is 435 g/mol. The Bertz CT molecular complexity index is 860. The summed E-state index contributed by atoms with van der Waals surface area (Å²) in [6.45, 7) is 2.42. The van der Waals surface area contributed by atoms with Crippen LogP contribution in [0.4, 0.5) is 26.7 Å². The summed E-state index contributed by atoms with van der Waals surface area (Å²) in [6, 6.07) is -2.28. The first-order chi connectivity index (χ1) is 13.8. The van der Waals surface area contributed by atoms with Crippen molar-refractivity contribution in [3.8, 4) is 0 Å². The molecular formula is C18H20ClF5N4O2. The summed E-state index contributed by atoms with van der Waals surface area (Å²) in [4.78, 5) is 25.1. The first kappa shape index (κ1) is 22.5. The van der Waals surface area contributed by atoms with Gasteiger partial charge in [0.25, 0.3) is 0 Å². The van der Waals surface area contributed by atoms with Crippen molar-refractivity contribution >= 4 is 23.5 Å². The number of likely N-dealkylation sites (tertiary alicyclic amines) is 1. The molecule has 1 aromatic carbocycles. The molecule has 0 unspecified atom stereocenters. The number of nitrogens with one attached hydrogen (secondary N) is 3. The second-order valence-electron chi connectivity index (χ2n) is 7.89. The van der Waals surface area contributed by atoms with E-state index in [2.05, 4.69) is 16.0 Å². The van der Waals surface area contributed by atoms with E-state index in [1.54, 1.807) is 6.92 Å². The van der Waals surface area contributed by atoms with Gasteiger partial charge in [-0.3, -0.25) is 9.69 Å². The van der Waals surface area contributed by atoms with Crippen LogP contribution in [0.15, 0.2) is 12.1 Å². The Morgan fingerprint density at radius 2 is 1.97 bits per heavy atom. The maximum Gasteiger partial charge on any atom is 0.403 e. The molecule has 0 saturated carbocycles. The van der Waals surface area contributed by atoms with Crippen LogP contribution in [0.1, 0.15) is 25.5 Å². The summed E-state index contributed by atoms with van der Waals surface area (Å²) < 4.78 is 67.5. The molecule has 166 valence electrons. The molecule has 0 spiro atoms. The topological polar surface area (TPSA) is 73.5 Å². The minimum absolute atomic E-state index is 0.00199. The van der Waals surface area contributed by atoms with Crippen LogP contribution in [-0.2, 0) is 4.79 Å². The molecule has 0 radical (unpaired) electrons. The van der Waals surface area contributed by atoms with Gasteiger partial charge in [-0.1, -0.05) is 24.6 Å². The van der Waals surface area contributed by atoms with Crippen LogP contribution >= 0.6 is 11.6 Å². The highest BCUT2D eigenvalue weighted by Crippen LogP contribution is 2.46. The Balaban J connectivity index is 1.88. The van der Waals surface area contributed by atoms with Crippen molar-refractivity contribution in [2.45, 2.75) is 38.1 Å². The molecule has 2 aliphatic rings. The Hall–Kier alpha value is -2.14. The number of nitrogens with zero attached hydrogens (tertiary/aromatic N) is 1. The highest BCUT2D eigenvalue weighted by atomic mass is 35.5. The number of benzene rings is 1. The second kappa shape index (κ2) is 7.84. The number of alkyl halides is 3. The molecule has 0 bridgehead atoms. The van der Waals surface area contributed by atoms with Crippen molar-refractivity contribution in [1.29, 1.82) is 0 Å². The maximum atomic E-state index is 14.7. The SMILES string of the molecule is C[C@@H](N1CC(C)([C@@H](NC(=O)[C@@H]2CNC(=O)N2)c2ccc(F)c(Cl)c2F)C1)C(F)(F)F. The number of hydrogen-bond acceptors (Lipinski definition) is 3. The fraction of sp³-hybridized carbons (Fsp3) is 0.556. The van der Waals surface area contributed by atoms with Gasteiger partial charge in [-0.2, -0.15) is 13.2 Å². The van der Waals surface area contributed by atoms with Crippen LogP contribution in [0.3, 0.4) is 0 Å². The van der Waals surface area contributed by atoms with Crippen LogP contribution in [-0.4, -0.2) is 54.7 Å². The average molecular weight is 455 g/mol. The molecule has 1 aromatic rings. The summed E-state index contributed by atoms with van der Waals surface area (Å²) in [6.07, 6.45) is -4.44. The van der Waals surface area contributed by atoms with Gasteiger partial charge in [0, 0.05) is 30.6 Å². The monoisotopic (exact) mass is 454 g/mol. The molecule has 6 nitrogen and oxygen atoms in total. The second-order valence-corrected chi connectivity index (χ2v) is 8.27. The molecule has 2 aliphatic heterocycles. The van der Waals surface area contributed by atoms with Crippen LogP contribution in [0.25, 0.3) is 0 Å². The van der Waals surface area contributed by atoms with Gasteiger partial charge in [0.1, 0.15) is 28.7 Å². The number of halogens is 6. The van der Waals surface area contributed by atoms with Crippen molar-refractivity contribution in [2.75, 3.05) is 19.6 Å². The van der Waals surface area contributed by atoms with E-state index in [1.807, 2.05) is 0 Å². The molecule has 3 N–H and O–H groups in total. The minimum atomic E-state index is -4.44. The normalized spacial score (nSPS) is 23.2. The Morgan fingerprint density at radius 3 is 2.50 bits per heavy atom. The fourth-order valence-corrected chi connectivity index (χ4v) is 3.96. The predicted octanol–water partition coefficient (Wildman–Crippen LogP) is 2.73. The van der Waals surface area contributed by atoms with Gasteiger partial charge in [0.05, 0.1) is 6.04 Å². The van der Waals surface area contributed by atoms with Crippen molar-refractivity contribution in [3.63, 3.8) is 0 Å². The zero-order valence-electron chi connectivity index (χ0n) is 16.0. The van der Waals surface area contributed by atoms with E-state index in [9.17, 15) is 31.5 Å². The van der Waals surface area contributed by atoms with Crippen LogP contribution in [0.5, 0.6) is 0 Å². The van der Waals surface area contributed by atoms with E-state index in [4.69, 9.17) is 11.6 Å². The van der Waals surface area contributed by atoms with Crippen molar-refractivity contribution in [2.24, 2.45) is 5.41 Å². The van der Waals surface area contributed by atoms with Gasteiger partial charge < -0.3 is 16.0 Å². The zero-order valence-corrected chi connectivity index (χ0v) is 16.8. The quantitative estimate of drug-likeness (QED) is 0.473. The van der Waals surface area contributed by atoms with E-state index in [1.165, 1.54) is 0 Å². The number of carbonyl (C=O) groups excluding carboxylic acids is 2. The van der Waals surface area contributed by atoms with Crippen molar-refractivity contribution in [1.82, 2.24) is 20.9 Å². The number of hydrogen-bond donors (Lipinski definition) is 3. The molecule has 3 atom stereocenters. The molecule has 3 amide bonds. The molecule has 2 heterocycles. The highest BCUT2D eigenvalue weighted by Gasteiger charge is 2.53. The standard InChI is InChI=1S/C18H20ClF5N4O2/c1-8(18(22,23)24)28-6-17(2,7-28)14(9-3-4-10(20)12(19)13(9)21)27-15(29)11-5-25-16(30)26-11/h3-4,8,11,14H,5-7H2,1-2H3,(H,27,29)(H2,25,26,30)/t8-,11+,14+/m1/s1. The molecule has 2 saturated heterocycles. The minimum Gasteiger partial charge on any atom is -0.347 e. The van der Waals surface area contributed by atoms with Crippen molar-refractivity contribution in [3.05, 3.63) is 34.4 Å². The fourth-order valence-electron chi connectivity index (χ4n) is 3.79. The molecule has 12 heteroatoms. The lowest BCUT2D eigenvalue weighted by Gasteiger charge is -2.54.